The van der Waals surface area contributed by atoms with Gasteiger partial charge in [0.15, 0.2) is 0 Å². The zero-order chi connectivity index (χ0) is 14.5. The van der Waals surface area contributed by atoms with Crippen LogP contribution in [0.15, 0.2) is 58.3 Å². The minimum Gasteiger partial charge on any atom is -0.340 e. The number of anilines is 2. The van der Waals surface area contributed by atoms with E-state index in [2.05, 4.69) is 65.7 Å². The van der Waals surface area contributed by atoms with Crippen LogP contribution in [-0.2, 0) is 0 Å². The first kappa shape index (κ1) is 14.5. The molecule has 0 amide bonds. The summed E-state index contributed by atoms with van der Waals surface area (Å²) in [4.78, 5) is 5.21. The third-order valence-corrected chi connectivity index (χ3v) is 4.90. The van der Waals surface area contributed by atoms with E-state index in [1.54, 1.807) is 0 Å². The minimum atomic E-state index is 1.06. The highest BCUT2D eigenvalue weighted by molar-refractivity contribution is 7.99. The second-order valence-corrected chi connectivity index (χ2v) is 6.33. The molecule has 0 atom stereocenters. The number of hydrogen-bond acceptors (Lipinski definition) is 3. The van der Waals surface area contributed by atoms with E-state index < -0.39 is 0 Å². The highest BCUT2D eigenvalue weighted by atomic mass is 32.2. The number of rotatable bonds is 6. The maximum Gasteiger partial charge on any atom is 0.0552 e. The summed E-state index contributed by atoms with van der Waals surface area (Å²) in [7, 11) is 0. The van der Waals surface area contributed by atoms with Crippen LogP contribution in [0.3, 0.4) is 0 Å². The number of unbranched alkanes of at least 4 members (excludes halogenated alkanes) is 1. The Morgan fingerprint density at radius 2 is 1.52 bits per heavy atom. The molecule has 0 spiro atoms. The van der Waals surface area contributed by atoms with E-state index in [0.717, 1.165) is 19.6 Å². The van der Waals surface area contributed by atoms with Crippen LogP contribution in [0.2, 0.25) is 0 Å². The number of benzene rings is 2. The van der Waals surface area contributed by atoms with E-state index in [4.69, 9.17) is 0 Å². The van der Waals surface area contributed by atoms with Gasteiger partial charge in [-0.25, -0.2) is 0 Å². The number of nitrogens with zero attached hydrogens (tertiary/aromatic N) is 1. The smallest absolute Gasteiger partial charge is 0.0552 e. The van der Waals surface area contributed by atoms with Crippen LogP contribution in [0.1, 0.15) is 19.8 Å². The summed E-state index contributed by atoms with van der Waals surface area (Å²) in [5.74, 6) is 0. The monoisotopic (exact) mass is 298 g/mol. The summed E-state index contributed by atoms with van der Waals surface area (Å²) in [6, 6.07) is 17.5. The Bertz CT molecular complexity index is 552. The predicted octanol–water partition coefficient (Wildman–Crippen LogP) is 4.68. The van der Waals surface area contributed by atoms with Crippen molar-refractivity contribution in [3.8, 4) is 0 Å². The van der Waals surface area contributed by atoms with E-state index in [9.17, 15) is 0 Å². The summed E-state index contributed by atoms with van der Waals surface area (Å²) < 4.78 is 0. The fourth-order valence-corrected chi connectivity index (χ4v) is 3.81. The zero-order valence-electron chi connectivity index (χ0n) is 12.5. The van der Waals surface area contributed by atoms with Gasteiger partial charge in [0.1, 0.15) is 0 Å². The lowest BCUT2D eigenvalue weighted by atomic mass is 10.2. The van der Waals surface area contributed by atoms with Crippen molar-refractivity contribution in [2.45, 2.75) is 29.6 Å². The Labute approximate surface area is 131 Å². The molecule has 2 aromatic rings. The average Bonchev–Trinajstić information content (AvgIpc) is 2.53. The fraction of sp³-hybridized carbons (Fsp3) is 0.333. The van der Waals surface area contributed by atoms with E-state index in [1.165, 1.54) is 34.0 Å². The van der Waals surface area contributed by atoms with E-state index >= 15 is 0 Å². The standard InChI is InChI=1S/C18H22N2S/c1-2-19-13-7-8-14-20-15-9-3-5-11-17(15)21-18-12-6-4-10-16(18)20/h3-6,9-12,19H,2,7-8,13-14H2,1H3. The van der Waals surface area contributed by atoms with E-state index in [-0.39, 0.29) is 0 Å². The van der Waals surface area contributed by atoms with Crippen molar-refractivity contribution in [3.63, 3.8) is 0 Å². The molecule has 0 bridgehead atoms. The maximum absolute atomic E-state index is 3.40. The van der Waals surface area contributed by atoms with Gasteiger partial charge < -0.3 is 10.2 Å². The first-order chi connectivity index (χ1) is 10.4. The predicted molar refractivity (Wildman–Crippen MR) is 91.8 cm³/mol. The minimum absolute atomic E-state index is 1.06. The molecule has 0 aromatic heterocycles. The van der Waals surface area contributed by atoms with Crippen molar-refractivity contribution in [2.75, 3.05) is 24.5 Å². The lowest BCUT2D eigenvalue weighted by molar-refractivity contribution is 0.641. The zero-order valence-corrected chi connectivity index (χ0v) is 13.3. The van der Waals surface area contributed by atoms with Gasteiger partial charge in [0, 0.05) is 16.3 Å². The summed E-state index contributed by atoms with van der Waals surface area (Å²) in [6.07, 6.45) is 2.43. The van der Waals surface area contributed by atoms with Crippen molar-refractivity contribution in [2.24, 2.45) is 0 Å². The summed E-state index contributed by atoms with van der Waals surface area (Å²) >= 11 is 1.88. The highest BCUT2D eigenvalue weighted by Crippen LogP contribution is 2.47. The normalized spacial score (nSPS) is 12.9. The van der Waals surface area contributed by atoms with Crippen LogP contribution in [-0.4, -0.2) is 19.6 Å². The van der Waals surface area contributed by atoms with Gasteiger partial charge in [-0.2, -0.15) is 0 Å². The molecule has 21 heavy (non-hydrogen) atoms. The van der Waals surface area contributed by atoms with Gasteiger partial charge in [0.05, 0.1) is 11.4 Å². The molecule has 0 saturated carbocycles. The fourth-order valence-electron chi connectivity index (χ4n) is 2.72. The molecule has 0 aliphatic carbocycles. The maximum atomic E-state index is 3.40. The molecule has 1 aliphatic rings. The van der Waals surface area contributed by atoms with E-state index in [0.29, 0.717) is 0 Å². The quantitative estimate of drug-likeness (QED) is 0.780. The topological polar surface area (TPSA) is 15.3 Å². The Morgan fingerprint density at radius 3 is 2.14 bits per heavy atom. The van der Waals surface area contributed by atoms with Crippen molar-refractivity contribution in [1.29, 1.82) is 0 Å². The number of fused-ring (bicyclic) bond motifs is 2. The van der Waals surface area contributed by atoms with Gasteiger partial charge in [0.25, 0.3) is 0 Å². The molecule has 0 radical (unpaired) electrons. The molecule has 1 N–H and O–H groups in total. The second-order valence-electron chi connectivity index (χ2n) is 5.25. The molecule has 110 valence electrons. The molecule has 3 rings (SSSR count). The Kier molecular flexibility index (Phi) is 4.84. The summed E-state index contributed by atoms with van der Waals surface area (Å²) in [5, 5.41) is 3.40. The van der Waals surface area contributed by atoms with Crippen molar-refractivity contribution in [1.82, 2.24) is 5.32 Å². The Morgan fingerprint density at radius 1 is 0.905 bits per heavy atom. The van der Waals surface area contributed by atoms with Gasteiger partial charge in [-0.15, -0.1) is 0 Å². The third kappa shape index (κ3) is 3.25. The van der Waals surface area contributed by atoms with Gasteiger partial charge in [0.2, 0.25) is 0 Å². The first-order valence-corrected chi connectivity index (χ1v) is 8.56. The van der Waals surface area contributed by atoms with Crippen LogP contribution in [0, 0.1) is 0 Å². The van der Waals surface area contributed by atoms with Crippen molar-refractivity contribution in [3.05, 3.63) is 48.5 Å². The van der Waals surface area contributed by atoms with Crippen LogP contribution in [0.4, 0.5) is 11.4 Å². The molecular formula is C18H22N2S. The lowest BCUT2D eigenvalue weighted by Gasteiger charge is -2.32. The summed E-state index contributed by atoms with van der Waals surface area (Å²) in [5.41, 5.74) is 2.70. The van der Waals surface area contributed by atoms with E-state index in [1.807, 2.05) is 11.8 Å². The van der Waals surface area contributed by atoms with Crippen molar-refractivity contribution < 1.29 is 0 Å². The van der Waals surface area contributed by atoms with Gasteiger partial charge in [-0.1, -0.05) is 43.0 Å². The summed E-state index contributed by atoms with van der Waals surface area (Å²) in [6.45, 7) is 5.42. The van der Waals surface area contributed by atoms with Crippen LogP contribution in [0.5, 0.6) is 0 Å². The Hall–Kier alpha value is -1.45. The molecule has 1 heterocycles. The largest absolute Gasteiger partial charge is 0.340 e. The molecule has 0 fully saturated rings. The highest BCUT2D eigenvalue weighted by Gasteiger charge is 2.21. The Balaban J connectivity index is 1.78. The molecular weight excluding hydrogens is 276 g/mol. The SMILES string of the molecule is CCNCCCCN1c2ccccc2Sc2ccccc21. The van der Waals surface area contributed by atoms with Crippen molar-refractivity contribution >= 4 is 23.1 Å². The molecule has 1 aliphatic heterocycles. The molecule has 3 heteroatoms. The average molecular weight is 298 g/mol. The number of para-hydroxylation sites is 2. The van der Waals surface area contributed by atoms with Crippen LogP contribution >= 0.6 is 11.8 Å². The second kappa shape index (κ2) is 7.01. The molecule has 0 unspecified atom stereocenters. The van der Waals surface area contributed by atoms with Crippen LogP contribution in [0.25, 0.3) is 0 Å². The lowest BCUT2D eigenvalue weighted by Crippen LogP contribution is -2.23. The molecule has 2 aromatic carbocycles. The molecule has 0 saturated heterocycles. The molecule has 2 nitrogen and oxygen atoms in total. The van der Waals surface area contributed by atoms with Crippen LogP contribution < -0.4 is 10.2 Å². The number of hydrogen-bond donors (Lipinski definition) is 1. The third-order valence-electron chi connectivity index (χ3n) is 3.77. The van der Waals surface area contributed by atoms with Gasteiger partial charge in [-0.05, 0) is 50.2 Å². The first-order valence-electron chi connectivity index (χ1n) is 7.74. The van der Waals surface area contributed by atoms with Gasteiger partial charge >= 0.3 is 0 Å². The number of nitrogens with one attached hydrogen (secondary N) is 1. The van der Waals surface area contributed by atoms with Gasteiger partial charge in [-0.3, -0.25) is 0 Å².